The molecule has 0 aromatic carbocycles. The molecule has 0 aliphatic heterocycles. The van der Waals surface area contributed by atoms with Crippen molar-refractivity contribution >= 4 is 5.91 Å². The predicted molar refractivity (Wildman–Crippen MR) is 49.8 cm³/mol. The zero-order valence-corrected chi connectivity index (χ0v) is 7.60. The van der Waals surface area contributed by atoms with Crippen LogP contribution in [0.15, 0.2) is 24.5 Å². The molecular formula is C9H13N3O. The number of hydrogen-bond donors (Lipinski definition) is 1. The molecule has 4 heteroatoms. The quantitative estimate of drug-likeness (QED) is 0.710. The number of pyridine rings is 1. The number of hydrogen-bond acceptors (Lipinski definition) is 3. The van der Waals surface area contributed by atoms with E-state index in [-0.39, 0.29) is 12.5 Å². The van der Waals surface area contributed by atoms with Crippen LogP contribution in [0.5, 0.6) is 0 Å². The van der Waals surface area contributed by atoms with E-state index in [2.05, 4.69) is 4.98 Å². The van der Waals surface area contributed by atoms with Crippen LogP contribution in [0.4, 0.5) is 0 Å². The van der Waals surface area contributed by atoms with Gasteiger partial charge in [0.15, 0.2) is 0 Å². The maximum Gasteiger partial charge on any atom is 0.236 e. The van der Waals surface area contributed by atoms with Crippen LogP contribution in [0.2, 0.25) is 0 Å². The Bertz CT molecular complexity index is 273. The molecule has 0 unspecified atom stereocenters. The topological polar surface area (TPSA) is 59.2 Å². The number of likely N-dealkylation sites (N-methyl/N-ethyl adjacent to an activating group) is 1. The van der Waals surface area contributed by atoms with E-state index in [1.54, 1.807) is 24.3 Å². The lowest BCUT2D eigenvalue weighted by Gasteiger charge is -2.15. The highest BCUT2D eigenvalue weighted by Gasteiger charge is 2.05. The fourth-order valence-corrected chi connectivity index (χ4v) is 1.01. The number of nitrogens with two attached hydrogens (primary N) is 1. The smallest absolute Gasteiger partial charge is 0.236 e. The van der Waals surface area contributed by atoms with Gasteiger partial charge in [-0.15, -0.1) is 0 Å². The Hall–Kier alpha value is -1.42. The lowest BCUT2D eigenvalue weighted by Crippen LogP contribution is -2.32. The average Bonchev–Trinajstić information content (AvgIpc) is 2.18. The molecule has 1 aromatic heterocycles. The minimum atomic E-state index is -0.0585. The van der Waals surface area contributed by atoms with Crippen LogP contribution in [-0.2, 0) is 11.3 Å². The van der Waals surface area contributed by atoms with E-state index in [4.69, 9.17) is 5.73 Å². The van der Waals surface area contributed by atoms with Gasteiger partial charge in [-0.2, -0.15) is 0 Å². The van der Waals surface area contributed by atoms with Crippen LogP contribution in [0.1, 0.15) is 5.56 Å². The summed E-state index contributed by atoms with van der Waals surface area (Å²) in [6.07, 6.45) is 3.41. The highest BCUT2D eigenvalue weighted by Crippen LogP contribution is 2.00. The molecule has 0 atom stereocenters. The van der Waals surface area contributed by atoms with Gasteiger partial charge in [0, 0.05) is 26.0 Å². The Balaban J connectivity index is 2.55. The Morgan fingerprint density at radius 2 is 2.15 bits per heavy atom. The molecule has 1 heterocycles. The summed E-state index contributed by atoms with van der Waals surface area (Å²) in [5.74, 6) is -0.0585. The summed E-state index contributed by atoms with van der Waals surface area (Å²) in [5.41, 5.74) is 6.28. The molecule has 2 N–H and O–H groups in total. The maximum absolute atomic E-state index is 11.1. The number of carbonyl (C=O) groups is 1. The second kappa shape index (κ2) is 4.57. The maximum atomic E-state index is 11.1. The second-order valence-corrected chi connectivity index (χ2v) is 2.81. The molecule has 0 bridgehead atoms. The summed E-state index contributed by atoms with van der Waals surface area (Å²) < 4.78 is 0. The van der Waals surface area contributed by atoms with Gasteiger partial charge in [-0.3, -0.25) is 9.78 Å². The van der Waals surface area contributed by atoms with Gasteiger partial charge >= 0.3 is 0 Å². The minimum absolute atomic E-state index is 0.0571. The Morgan fingerprint density at radius 3 is 2.69 bits per heavy atom. The van der Waals surface area contributed by atoms with Crippen LogP contribution in [-0.4, -0.2) is 29.4 Å². The molecule has 0 saturated carbocycles. The SMILES string of the molecule is CN(Cc1ccncc1)C(=O)CN. The van der Waals surface area contributed by atoms with Gasteiger partial charge in [0.2, 0.25) is 5.91 Å². The number of rotatable bonds is 3. The zero-order chi connectivity index (χ0) is 9.68. The summed E-state index contributed by atoms with van der Waals surface area (Å²) >= 11 is 0. The summed E-state index contributed by atoms with van der Waals surface area (Å²) in [4.78, 5) is 16.6. The third-order valence-electron chi connectivity index (χ3n) is 1.77. The molecular weight excluding hydrogens is 166 g/mol. The van der Waals surface area contributed by atoms with Gasteiger partial charge in [-0.05, 0) is 17.7 Å². The van der Waals surface area contributed by atoms with Crippen LogP contribution >= 0.6 is 0 Å². The van der Waals surface area contributed by atoms with Gasteiger partial charge in [0.1, 0.15) is 0 Å². The first-order chi connectivity index (χ1) is 6.24. The van der Waals surface area contributed by atoms with E-state index in [1.165, 1.54) is 0 Å². The molecule has 0 aliphatic carbocycles. The molecule has 1 aromatic rings. The molecule has 0 fully saturated rings. The summed E-state index contributed by atoms with van der Waals surface area (Å²) in [7, 11) is 1.73. The first-order valence-electron chi connectivity index (χ1n) is 4.07. The molecule has 1 amide bonds. The Labute approximate surface area is 77.4 Å². The molecule has 0 spiro atoms. The largest absolute Gasteiger partial charge is 0.340 e. The molecule has 4 nitrogen and oxygen atoms in total. The Morgan fingerprint density at radius 1 is 1.54 bits per heavy atom. The highest BCUT2D eigenvalue weighted by molar-refractivity contribution is 5.77. The summed E-state index contributed by atoms with van der Waals surface area (Å²) in [6, 6.07) is 3.75. The second-order valence-electron chi connectivity index (χ2n) is 2.81. The molecule has 1 rings (SSSR count). The van der Waals surface area contributed by atoms with E-state index in [9.17, 15) is 4.79 Å². The standard InChI is InChI=1S/C9H13N3O/c1-12(9(13)6-10)7-8-2-4-11-5-3-8/h2-5H,6-7,10H2,1H3. The molecule has 70 valence electrons. The number of nitrogens with zero attached hydrogens (tertiary/aromatic N) is 2. The van der Waals surface area contributed by atoms with E-state index < -0.39 is 0 Å². The molecule has 13 heavy (non-hydrogen) atoms. The molecule has 0 aliphatic rings. The fourth-order valence-electron chi connectivity index (χ4n) is 1.01. The van der Waals surface area contributed by atoms with E-state index in [0.29, 0.717) is 6.54 Å². The van der Waals surface area contributed by atoms with Crippen molar-refractivity contribution in [2.45, 2.75) is 6.54 Å². The number of carbonyl (C=O) groups excluding carboxylic acids is 1. The van der Waals surface area contributed by atoms with Crippen LogP contribution < -0.4 is 5.73 Å². The van der Waals surface area contributed by atoms with Gasteiger partial charge < -0.3 is 10.6 Å². The lowest BCUT2D eigenvalue weighted by atomic mass is 10.2. The van der Waals surface area contributed by atoms with Crippen LogP contribution in [0.3, 0.4) is 0 Å². The van der Waals surface area contributed by atoms with Gasteiger partial charge in [-0.1, -0.05) is 0 Å². The first kappa shape index (κ1) is 9.67. The summed E-state index contributed by atoms with van der Waals surface area (Å²) in [6.45, 7) is 0.639. The van der Waals surface area contributed by atoms with Gasteiger partial charge in [0.05, 0.1) is 6.54 Å². The van der Waals surface area contributed by atoms with Crippen molar-refractivity contribution in [2.24, 2.45) is 5.73 Å². The van der Waals surface area contributed by atoms with Gasteiger partial charge in [-0.25, -0.2) is 0 Å². The van der Waals surface area contributed by atoms with Crippen molar-refractivity contribution in [1.82, 2.24) is 9.88 Å². The third-order valence-corrected chi connectivity index (χ3v) is 1.77. The van der Waals surface area contributed by atoms with E-state index in [0.717, 1.165) is 5.56 Å². The first-order valence-corrected chi connectivity index (χ1v) is 4.07. The normalized spacial score (nSPS) is 9.69. The van der Waals surface area contributed by atoms with Gasteiger partial charge in [0.25, 0.3) is 0 Å². The third kappa shape index (κ3) is 2.83. The number of aromatic nitrogens is 1. The van der Waals surface area contributed by atoms with Crippen molar-refractivity contribution in [3.8, 4) is 0 Å². The highest BCUT2D eigenvalue weighted by atomic mass is 16.2. The number of amides is 1. The Kier molecular flexibility index (Phi) is 3.40. The summed E-state index contributed by atoms with van der Waals surface area (Å²) in [5, 5.41) is 0. The van der Waals surface area contributed by atoms with E-state index >= 15 is 0 Å². The van der Waals surface area contributed by atoms with Crippen molar-refractivity contribution in [1.29, 1.82) is 0 Å². The van der Waals surface area contributed by atoms with E-state index in [1.807, 2.05) is 12.1 Å². The lowest BCUT2D eigenvalue weighted by molar-refractivity contribution is -0.128. The molecule has 0 saturated heterocycles. The van der Waals surface area contributed by atoms with Crippen molar-refractivity contribution in [2.75, 3.05) is 13.6 Å². The van der Waals surface area contributed by atoms with Crippen LogP contribution in [0, 0.1) is 0 Å². The van der Waals surface area contributed by atoms with Crippen molar-refractivity contribution in [3.63, 3.8) is 0 Å². The average molecular weight is 179 g/mol. The van der Waals surface area contributed by atoms with Crippen molar-refractivity contribution < 1.29 is 4.79 Å². The molecule has 0 radical (unpaired) electrons. The predicted octanol–water partition coefficient (Wildman–Crippen LogP) is -0.00130. The zero-order valence-electron chi connectivity index (χ0n) is 7.60. The van der Waals surface area contributed by atoms with Crippen LogP contribution in [0.25, 0.3) is 0 Å². The fraction of sp³-hybridized carbons (Fsp3) is 0.333. The minimum Gasteiger partial charge on any atom is -0.340 e. The monoisotopic (exact) mass is 179 g/mol. The van der Waals surface area contributed by atoms with Crippen molar-refractivity contribution in [3.05, 3.63) is 30.1 Å².